The molecule has 4 heteroatoms. The van der Waals surface area contributed by atoms with Crippen LogP contribution in [0.2, 0.25) is 0 Å². The molecule has 18 heavy (non-hydrogen) atoms. The van der Waals surface area contributed by atoms with Crippen LogP contribution in [0.3, 0.4) is 0 Å². The second kappa shape index (κ2) is 6.15. The summed E-state index contributed by atoms with van der Waals surface area (Å²) in [4.78, 5) is 5.17. The van der Waals surface area contributed by atoms with Crippen LogP contribution < -0.4 is 5.73 Å². The lowest BCUT2D eigenvalue weighted by molar-refractivity contribution is 0.0539. The molecule has 2 atom stereocenters. The fraction of sp³-hybridized carbons (Fsp3) is 0.714. The average Bonchev–Trinajstić information content (AvgIpc) is 2.78. The first-order valence-electron chi connectivity index (χ1n) is 6.85. The van der Waals surface area contributed by atoms with Gasteiger partial charge in [0, 0.05) is 28.9 Å². The average molecular weight is 268 g/mol. The molecule has 0 aliphatic carbocycles. The molecule has 0 saturated carbocycles. The van der Waals surface area contributed by atoms with Crippen molar-refractivity contribution in [3.63, 3.8) is 0 Å². The van der Waals surface area contributed by atoms with Gasteiger partial charge in [0.15, 0.2) is 0 Å². The third-order valence-corrected chi connectivity index (χ3v) is 4.89. The predicted octanol–water partition coefficient (Wildman–Crippen LogP) is 2.29. The number of aryl methyl sites for hydroxylation is 1. The first-order chi connectivity index (χ1) is 8.61. The number of rotatable bonds is 4. The summed E-state index contributed by atoms with van der Waals surface area (Å²) in [7, 11) is 0. The quantitative estimate of drug-likeness (QED) is 0.881. The summed E-state index contributed by atoms with van der Waals surface area (Å²) >= 11 is 1.85. The van der Waals surface area contributed by atoms with Gasteiger partial charge in [-0.3, -0.25) is 4.90 Å². The van der Waals surface area contributed by atoms with Crippen LogP contribution in [0.25, 0.3) is 0 Å². The van der Waals surface area contributed by atoms with E-state index in [9.17, 15) is 5.11 Å². The van der Waals surface area contributed by atoms with Crippen molar-refractivity contribution in [1.82, 2.24) is 4.90 Å². The highest BCUT2D eigenvalue weighted by Crippen LogP contribution is 2.32. The van der Waals surface area contributed by atoms with Crippen LogP contribution in [0.4, 0.5) is 0 Å². The molecule has 3 nitrogen and oxygen atoms in total. The lowest BCUT2D eigenvalue weighted by atomic mass is 9.99. The molecule has 1 aromatic rings. The Labute approximate surface area is 114 Å². The largest absolute Gasteiger partial charge is 0.393 e. The number of hydrogen-bond donors (Lipinski definition) is 2. The fourth-order valence-electron chi connectivity index (χ4n) is 2.66. The van der Waals surface area contributed by atoms with Gasteiger partial charge in [0.1, 0.15) is 0 Å². The molecule has 2 unspecified atom stereocenters. The standard InChI is InChI=1S/C14H24N2OS/c1-3-12(15)14(13-5-4-10(2)18-13)16-8-6-11(17)7-9-16/h4-5,11-12,14,17H,3,6-9,15H2,1-2H3. The normalized spacial score (nSPS) is 22.0. The van der Waals surface area contributed by atoms with Crippen molar-refractivity contribution in [2.24, 2.45) is 5.73 Å². The van der Waals surface area contributed by atoms with Crippen molar-refractivity contribution in [1.29, 1.82) is 0 Å². The summed E-state index contributed by atoms with van der Waals surface area (Å²) in [6, 6.07) is 4.89. The highest BCUT2D eigenvalue weighted by Gasteiger charge is 2.29. The minimum absolute atomic E-state index is 0.121. The van der Waals surface area contributed by atoms with Gasteiger partial charge >= 0.3 is 0 Å². The van der Waals surface area contributed by atoms with E-state index in [1.165, 1.54) is 9.75 Å². The third kappa shape index (κ3) is 3.12. The number of thiophene rings is 1. The summed E-state index contributed by atoms with van der Waals surface area (Å²) in [5.41, 5.74) is 6.33. The van der Waals surface area contributed by atoms with Crippen molar-refractivity contribution in [2.45, 2.75) is 51.3 Å². The zero-order valence-electron chi connectivity index (χ0n) is 11.3. The van der Waals surface area contributed by atoms with Gasteiger partial charge in [-0.1, -0.05) is 6.92 Å². The molecule has 3 N–H and O–H groups in total. The topological polar surface area (TPSA) is 49.5 Å². The van der Waals surface area contributed by atoms with E-state index in [4.69, 9.17) is 5.73 Å². The van der Waals surface area contributed by atoms with Crippen molar-refractivity contribution >= 4 is 11.3 Å². The predicted molar refractivity (Wildman–Crippen MR) is 76.9 cm³/mol. The molecule has 0 bridgehead atoms. The zero-order valence-corrected chi connectivity index (χ0v) is 12.1. The number of nitrogens with zero attached hydrogens (tertiary/aromatic N) is 1. The molecule has 1 aliphatic rings. The smallest absolute Gasteiger partial charge is 0.0593 e. The Morgan fingerprint density at radius 3 is 2.61 bits per heavy atom. The van der Waals surface area contributed by atoms with Gasteiger partial charge in [-0.15, -0.1) is 11.3 Å². The molecule has 1 saturated heterocycles. The second-order valence-corrected chi connectivity index (χ2v) is 6.55. The summed E-state index contributed by atoms with van der Waals surface area (Å²) in [6.45, 7) is 6.20. The molecule has 0 radical (unpaired) electrons. The van der Waals surface area contributed by atoms with Gasteiger partial charge in [-0.2, -0.15) is 0 Å². The van der Waals surface area contributed by atoms with E-state index < -0.39 is 0 Å². The maximum Gasteiger partial charge on any atom is 0.0593 e. The first kappa shape index (κ1) is 14.0. The Balaban J connectivity index is 2.15. The summed E-state index contributed by atoms with van der Waals surface area (Å²) < 4.78 is 0. The van der Waals surface area contributed by atoms with Crippen molar-refractivity contribution in [2.75, 3.05) is 13.1 Å². The van der Waals surface area contributed by atoms with Crippen molar-refractivity contribution < 1.29 is 5.11 Å². The number of likely N-dealkylation sites (tertiary alicyclic amines) is 1. The SMILES string of the molecule is CCC(N)C(c1ccc(C)s1)N1CCC(O)CC1. The minimum atomic E-state index is -0.121. The number of hydrogen-bond acceptors (Lipinski definition) is 4. The molecule has 0 spiro atoms. The van der Waals surface area contributed by atoms with Gasteiger partial charge in [0.05, 0.1) is 12.1 Å². The molecule has 0 aromatic carbocycles. The van der Waals surface area contributed by atoms with Gasteiger partial charge in [0.2, 0.25) is 0 Å². The number of piperidine rings is 1. The Morgan fingerprint density at radius 1 is 1.44 bits per heavy atom. The molecule has 2 heterocycles. The Morgan fingerprint density at radius 2 is 2.11 bits per heavy atom. The first-order valence-corrected chi connectivity index (χ1v) is 7.67. The highest BCUT2D eigenvalue weighted by atomic mass is 32.1. The molecular formula is C14H24N2OS. The summed E-state index contributed by atoms with van der Waals surface area (Å²) in [6.07, 6.45) is 2.61. The molecule has 0 amide bonds. The van der Waals surface area contributed by atoms with Gasteiger partial charge < -0.3 is 10.8 Å². The Hall–Kier alpha value is -0.420. The number of aliphatic hydroxyl groups is 1. The Bertz CT molecular complexity index is 372. The van der Waals surface area contributed by atoms with Gasteiger partial charge in [-0.05, 0) is 38.3 Å². The van der Waals surface area contributed by atoms with E-state index in [0.717, 1.165) is 32.4 Å². The molecule has 1 fully saturated rings. The highest BCUT2D eigenvalue weighted by molar-refractivity contribution is 7.12. The number of aliphatic hydroxyl groups excluding tert-OH is 1. The minimum Gasteiger partial charge on any atom is -0.393 e. The molecule has 1 aliphatic heterocycles. The van der Waals surface area contributed by atoms with Gasteiger partial charge in [0.25, 0.3) is 0 Å². The maximum absolute atomic E-state index is 9.62. The molecule has 1 aromatic heterocycles. The van der Waals surface area contributed by atoms with E-state index >= 15 is 0 Å². The molecule has 2 rings (SSSR count). The van der Waals surface area contributed by atoms with Crippen molar-refractivity contribution in [3.8, 4) is 0 Å². The van der Waals surface area contributed by atoms with Crippen LogP contribution in [0.5, 0.6) is 0 Å². The van der Waals surface area contributed by atoms with Crippen molar-refractivity contribution in [3.05, 3.63) is 21.9 Å². The van der Waals surface area contributed by atoms with E-state index in [2.05, 4.69) is 30.9 Å². The summed E-state index contributed by atoms with van der Waals surface area (Å²) in [5.74, 6) is 0. The van der Waals surface area contributed by atoms with Crippen LogP contribution >= 0.6 is 11.3 Å². The van der Waals surface area contributed by atoms with E-state index in [-0.39, 0.29) is 12.1 Å². The third-order valence-electron chi connectivity index (χ3n) is 3.82. The summed E-state index contributed by atoms with van der Waals surface area (Å²) in [5, 5.41) is 9.62. The molecule has 102 valence electrons. The van der Waals surface area contributed by atoms with Crippen LogP contribution in [-0.2, 0) is 0 Å². The fourth-order valence-corrected chi connectivity index (χ4v) is 3.75. The van der Waals surface area contributed by atoms with Crippen LogP contribution in [0.1, 0.15) is 42.0 Å². The van der Waals surface area contributed by atoms with Crippen LogP contribution in [-0.4, -0.2) is 35.2 Å². The second-order valence-electron chi connectivity index (χ2n) is 5.23. The Kier molecular flexibility index (Phi) is 4.78. The van der Waals surface area contributed by atoms with E-state index in [1.807, 2.05) is 11.3 Å². The molecular weight excluding hydrogens is 244 g/mol. The van der Waals surface area contributed by atoms with Crippen LogP contribution in [0.15, 0.2) is 12.1 Å². The lowest BCUT2D eigenvalue weighted by Crippen LogP contribution is -2.45. The lowest BCUT2D eigenvalue weighted by Gasteiger charge is -2.38. The maximum atomic E-state index is 9.62. The number of nitrogens with two attached hydrogens (primary N) is 1. The van der Waals surface area contributed by atoms with Crippen LogP contribution in [0, 0.1) is 6.92 Å². The van der Waals surface area contributed by atoms with Gasteiger partial charge in [-0.25, -0.2) is 0 Å². The van der Waals surface area contributed by atoms with E-state index in [0.29, 0.717) is 6.04 Å². The van der Waals surface area contributed by atoms with E-state index in [1.54, 1.807) is 0 Å². The monoisotopic (exact) mass is 268 g/mol. The zero-order chi connectivity index (χ0) is 13.1.